The van der Waals surface area contributed by atoms with Gasteiger partial charge in [0.2, 0.25) is 11.9 Å². The topological polar surface area (TPSA) is 64.4 Å². The Kier molecular flexibility index (Phi) is 6.45. The van der Waals surface area contributed by atoms with Crippen LogP contribution in [0.3, 0.4) is 0 Å². The maximum absolute atomic E-state index is 13.8. The van der Waals surface area contributed by atoms with Crippen molar-refractivity contribution in [3.63, 3.8) is 0 Å². The fraction of sp³-hybridized carbons (Fsp3) is 0.375. The molecule has 0 aliphatic carbocycles. The molecule has 1 aliphatic rings. The lowest BCUT2D eigenvalue weighted by molar-refractivity contribution is -0.153. The molecule has 168 valence electrons. The number of hydrogen-bond acceptors (Lipinski definition) is 4. The highest BCUT2D eigenvalue weighted by Crippen LogP contribution is 2.43. The van der Waals surface area contributed by atoms with Crippen LogP contribution in [0.25, 0.3) is 11.0 Å². The average molecular weight is 474 g/mol. The maximum atomic E-state index is 13.8. The second-order valence-electron chi connectivity index (χ2n) is 8.28. The monoisotopic (exact) mass is 473 g/mol. The summed E-state index contributed by atoms with van der Waals surface area (Å²) in [4.78, 5) is 33.3. The number of nitrogens with zero attached hydrogens (tertiary/aromatic N) is 3. The van der Waals surface area contributed by atoms with Gasteiger partial charge >= 0.3 is 5.97 Å². The van der Waals surface area contributed by atoms with Gasteiger partial charge in [-0.1, -0.05) is 55.2 Å². The third-order valence-corrected chi connectivity index (χ3v) is 6.26. The van der Waals surface area contributed by atoms with Crippen LogP contribution in [0.5, 0.6) is 0 Å². The molecule has 8 heteroatoms. The number of carbonyl (C=O) groups excluding carboxylic acids is 2. The molecule has 0 saturated heterocycles. The van der Waals surface area contributed by atoms with Crippen LogP contribution in [0.2, 0.25) is 10.0 Å². The molecule has 0 spiro atoms. The van der Waals surface area contributed by atoms with E-state index in [1.54, 1.807) is 30.0 Å². The molecule has 2 atom stereocenters. The van der Waals surface area contributed by atoms with Gasteiger partial charge in [-0.3, -0.25) is 14.5 Å². The van der Waals surface area contributed by atoms with E-state index in [4.69, 9.17) is 32.9 Å². The lowest BCUT2D eigenvalue weighted by atomic mass is 9.89. The Morgan fingerprint density at radius 1 is 1.19 bits per heavy atom. The summed E-state index contributed by atoms with van der Waals surface area (Å²) in [5.74, 6) is -1.11. The van der Waals surface area contributed by atoms with Crippen LogP contribution in [-0.2, 0) is 14.3 Å². The number of carbonyl (C=O) groups is 2. The summed E-state index contributed by atoms with van der Waals surface area (Å²) in [6, 6.07) is 12.0. The van der Waals surface area contributed by atoms with Crippen molar-refractivity contribution in [2.24, 2.45) is 11.8 Å². The summed E-state index contributed by atoms with van der Waals surface area (Å²) in [5, 5.41) is 0.854. The molecule has 0 saturated carbocycles. The molecule has 1 amide bonds. The van der Waals surface area contributed by atoms with Gasteiger partial charge in [-0.25, -0.2) is 4.98 Å². The zero-order chi connectivity index (χ0) is 23.0. The van der Waals surface area contributed by atoms with Crippen LogP contribution in [0.1, 0.15) is 38.8 Å². The lowest BCUT2D eigenvalue weighted by Crippen LogP contribution is -2.50. The van der Waals surface area contributed by atoms with Crippen molar-refractivity contribution in [3.8, 4) is 0 Å². The fourth-order valence-electron chi connectivity index (χ4n) is 4.17. The highest BCUT2D eigenvalue weighted by atomic mass is 35.5. The number of benzene rings is 2. The van der Waals surface area contributed by atoms with E-state index in [-0.39, 0.29) is 12.5 Å². The number of para-hydroxylation sites is 2. The molecule has 4 rings (SSSR count). The van der Waals surface area contributed by atoms with Crippen molar-refractivity contribution in [2.45, 2.75) is 33.2 Å². The number of hydrogen-bond donors (Lipinski definition) is 0. The maximum Gasteiger partial charge on any atom is 0.321 e. The average Bonchev–Trinajstić information content (AvgIpc) is 3.12. The Morgan fingerprint density at radius 3 is 2.62 bits per heavy atom. The molecule has 0 fully saturated rings. The van der Waals surface area contributed by atoms with Gasteiger partial charge in [0.1, 0.15) is 0 Å². The highest BCUT2D eigenvalue weighted by molar-refractivity contribution is 6.35. The van der Waals surface area contributed by atoms with Crippen LogP contribution >= 0.6 is 23.2 Å². The summed E-state index contributed by atoms with van der Waals surface area (Å²) < 4.78 is 7.29. The molecule has 0 bridgehead atoms. The minimum Gasteiger partial charge on any atom is -0.465 e. The number of aromatic nitrogens is 2. The second-order valence-corrected chi connectivity index (χ2v) is 9.13. The number of anilines is 1. The molecule has 6 nitrogen and oxygen atoms in total. The van der Waals surface area contributed by atoms with E-state index in [2.05, 4.69) is 13.8 Å². The molecule has 2 heterocycles. The molecule has 0 unspecified atom stereocenters. The molecule has 1 aliphatic heterocycles. The second kappa shape index (κ2) is 9.12. The first-order valence-corrected chi connectivity index (χ1v) is 11.5. The fourth-order valence-corrected chi connectivity index (χ4v) is 4.69. The van der Waals surface area contributed by atoms with E-state index in [0.29, 0.717) is 34.0 Å². The summed E-state index contributed by atoms with van der Waals surface area (Å²) in [6.45, 7) is 6.54. The van der Waals surface area contributed by atoms with Crippen molar-refractivity contribution in [2.75, 3.05) is 18.1 Å². The molecule has 0 N–H and O–H groups in total. The van der Waals surface area contributed by atoms with Crippen LogP contribution in [0.4, 0.5) is 5.95 Å². The van der Waals surface area contributed by atoms with Crippen LogP contribution in [-0.4, -0.2) is 34.6 Å². The number of amides is 1. The number of imidazole rings is 1. The number of esters is 1. The molecule has 0 radical (unpaired) electrons. The summed E-state index contributed by atoms with van der Waals surface area (Å²) >= 11 is 12.7. The van der Waals surface area contributed by atoms with Gasteiger partial charge in [0.25, 0.3) is 0 Å². The molecule has 32 heavy (non-hydrogen) atoms. The SMILES string of the molecule is CCOC(=O)[C@@H]1C(=O)N(CCC(C)C)c2nc3ccccc3n2[C@H]1c1ccc(Cl)cc1Cl. The van der Waals surface area contributed by atoms with Gasteiger partial charge in [-0.2, -0.15) is 0 Å². The quantitative estimate of drug-likeness (QED) is 0.349. The Bertz CT molecular complexity index is 1170. The highest BCUT2D eigenvalue weighted by Gasteiger charge is 2.48. The van der Waals surface area contributed by atoms with Crippen molar-refractivity contribution in [1.82, 2.24) is 9.55 Å². The van der Waals surface area contributed by atoms with Crippen molar-refractivity contribution in [3.05, 3.63) is 58.1 Å². The van der Waals surface area contributed by atoms with Crippen LogP contribution < -0.4 is 4.90 Å². The molecular weight excluding hydrogens is 449 g/mol. The largest absolute Gasteiger partial charge is 0.465 e. The van der Waals surface area contributed by atoms with Gasteiger partial charge in [0, 0.05) is 16.6 Å². The summed E-state index contributed by atoms with van der Waals surface area (Å²) in [5.41, 5.74) is 2.18. The predicted octanol–water partition coefficient (Wildman–Crippen LogP) is 5.50. The molecule has 3 aromatic rings. The van der Waals surface area contributed by atoms with E-state index in [9.17, 15) is 9.59 Å². The van der Waals surface area contributed by atoms with Gasteiger partial charge in [-0.15, -0.1) is 0 Å². The molecular formula is C24H25Cl2N3O3. The third-order valence-electron chi connectivity index (χ3n) is 5.70. The van der Waals surface area contributed by atoms with Crippen molar-refractivity contribution < 1.29 is 14.3 Å². The van der Waals surface area contributed by atoms with E-state index in [0.717, 1.165) is 17.5 Å². The Hall–Kier alpha value is -2.57. The first kappa shape index (κ1) is 22.6. The van der Waals surface area contributed by atoms with Crippen LogP contribution in [0.15, 0.2) is 42.5 Å². The zero-order valence-electron chi connectivity index (χ0n) is 18.2. The van der Waals surface area contributed by atoms with Gasteiger partial charge < -0.3 is 9.30 Å². The van der Waals surface area contributed by atoms with E-state index < -0.39 is 17.9 Å². The van der Waals surface area contributed by atoms with Gasteiger partial charge in [0.15, 0.2) is 5.92 Å². The normalized spacial score (nSPS) is 18.3. The van der Waals surface area contributed by atoms with Crippen molar-refractivity contribution in [1.29, 1.82) is 0 Å². The first-order chi connectivity index (χ1) is 15.3. The standard InChI is InChI=1S/C24H25Cl2N3O3/c1-4-32-23(31)20-21(16-10-9-15(25)13-17(16)26)29-19-8-6-5-7-18(19)27-24(29)28(22(20)30)12-11-14(2)3/h5-10,13-14,20-21H,4,11-12H2,1-3H3/t20-,21-/m0/s1. The zero-order valence-corrected chi connectivity index (χ0v) is 19.7. The first-order valence-electron chi connectivity index (χ1n) is 10.7. The van der Waals surface area contributed by atoms with Gasteiger partial charge in [-0.05, 0) is 49.1 Å². The third kappa shape index (κ3) is 3.97. The number of halogens is 2. The summed E-state index contributed by atoms with van der Waals surface area (Å²) in [6.07, 6.45) is 0.775. The number of rotatable bonds is 6. The molecule has 2 aromatic carbocycles. The predicted molar refractivity (Wildman–Crippen MR) is 126 cm³/mol. The lowest BCUT2D eigenvalue weighted by Gasteiger charge is -2.38. The Balaban J connectivity index is 1.99. The Labute approximate surface area is 197 Å². The Morgan fingerprint density at radius 2 is 1.94 bits per heavy atom. The minimum absolute atomic E-state index is 0.174. The number of fused-ring (bicyclic) bond motifs is 3. The summed E-state index contributed by atoms with van der Waals surface area (Å²) in [7, 11) is 0. The van der Waals surface area contributed by atoms with E-state index in [1.165, 1.54) is 0 Å². The van der Waals surface area contributed by atoms with E-state index >= 15 is 0 Å². The van der Waals surface area contributed by atoms with Gasteiger partial charge in [0.05, 0.1) is 23.7 Å². The minimum atomic E-state index is -1.09. The number of ether oxygens (including phenoxy) is 1. The smallest absolute Gasteiger partial charge is 0.321 e. The molecule has 1 aromatic heterocycles. The van der Waals surface area contributed by atoms with E-state index in [1.807, 2.05) is 28.8 Å². The van der Waals surface area contributed by atoms with Crippen LogP contribution in [0, 0.1) is 11.8 Å². The van der Waals surface area contributed by atoms with Crippen molar-refractivity contribution >= 4 is 52.1 Å².